The van der Waals surface area contributed by atoms with Gasteiger partial charge in [0.2, 0.25) is 0 Å². The number of carbonyl (C=O) groups is 1. The number of ether oxygens (including phenoxy) is 1. The molecule has 0 radical (unpaired) electrons. The minimum Gasteiger partial charge on any atom is -0.444 e. The Morgan fingerprint density at radius 1 is 1.19 bits per heavy atom. The summed E-state index contributed by atoms with van der Waals surface area (Å²) >= 11 is 0. The molecule has 2 atom stereocenters. The highest BCUT2D eigenvalue weighted by Crippen LogP contribution is 2.09. The molecule has 0 fully saturated rings. The highest BCUT2D eigenvalue weighted by Gasteiger charge is 2.21. The van der Waals surface area contributed by atoms with Gasteiger partial charge in [-0.25, -0.2) is 4.79 Å². The van der Waals surface area contributed by atoms with Crippen molar-refractivity contribution in [3.8, 4) is 0 Å². The second kappa shape index (κ2) is 10.0. The number of hydrogen-bond donors (Lipinski definition) is 2. The molecule has 0 rings (SSSR count). The van der Waals surface area contributed by atoms with E-state index >= 15 is 0 Å². The van der Waals surface area contributed by atoms with Crippen LogP contribution < -0.4 is 10.6 Å². The lowest BCUT2D eigenvalue weighted by Gasteiger charge is -2.27. The van der Waals surface area contributed by atoms with Crippen molar-refractivity contribution < 1.29 is 9.53 Å². The zero-order valence-electron chi connectivity index (χ0n) is 15.1. The maximum Gasteiger partial charge on any atom is 0.407 e. The van der Waals surface area contributed by atoms with Crippen LogP contribution in [0.3, 0.4) is 0 Å². The molecule has 0 aromatic rings. The summed E-state index contributed by atoms with van der Waals surface area (Å²) in [5, 5.41) is 6.57. The van der Waals surface area contributed by atoms with E-state index in [1.807, 2.05) is 20.8 Å². The van der Waals surface area contributed by atoms with Crippen LogP contribution in [0.2, 0.25) is 0 Å². The molecule has 4 nitrogen and oxygen atoms in total. The zero-order valence-corrected chi connectivity index (χ0v) is 15.1. The van der Waals surface area contributed by atoms with Gasteiger partial charge in [-0.15, -0.1) is 0 Å². The maximum absolute atomic E-state index is 11.9. The number of nitrogens with one attached hydrogen (secondary N) is 2. The van der Waals surface area contributed by atoms with Gasteiger partial charge in [-0.2, -0.15) is 0 Å². The number of hydrogen-bond acceptors (Lipinski definition) is 3. The Morgan fingerprint density at radius 2 is 1.81 bits per heavy atom. The van der Waals surface area contributed by atoms with E-state index in [-0.39, 0.29) is 12.1 Å². The Hall–Kier alpha value is -0.770. The van der Waals surface area contributed by atoms with Crippen molar-refractivity contribution in [1.82, 2.24) is 10.6 Å². The third-order valence-electron chi connectivity index (χ3n) is 3.53. The van der Waals surface area contributed by atoms with Crippen molar-refractivity contribution in [2.24, 2.45) is 5.92 Å². The lowest BCUT2D eigenvalue weighted by atomic mass is 10.0. The number of carbonyl (C=O) groups excluding carboxylic acids is 1. The molecule has 0 bridgehead atoms. The normalized spacial score (nSPS) is 14.9. The van der Waals surface area contributed by atoms with Crippen molar-refractivity contribution in [3.63, 3.8) is 0 Å². The molecule has 1 amide bonds. The Balaban J connectivity index is 4.33. The molecule has 0 heterocycles. The lowest BCUT2D eigenvalue weighted by Crippen LogP contribution is -2.48. The van der Waals surface area contributed by atoms with Gasteiger partial charge in [-0.1, -0.05) is 40.5 Å². The second-order valence-electron chi connectivity index (χ2n) is 7.15. The van der Waals surface area contributed by atoms with Crippen LogP contribution in [-0.2, 0) is 4.74 Å². The topological polar surface area (TPSA) is 50.4 Å². The zero-order chi connectivity index (χ0) is 16.5. The number of rotatable bonds is 9. The molecule has 126 valence electrons. The SMILES string of the molecule is CCCCC(CC)NCC(NC(=O)OC(C)(C)C)C(C)C. The van der Waals surface area contributed by atoms with Crippen LogP contribution in [-0.4, -0.2) is 30.3 Å². The molecule has 2 unspecified atom stereocenters. The second-order valence-corrected chi connectivity index (χ2v) is 7.15. The van der Waals surface area contributed by atoms with E-state index in [0.29, 0.717) is 12.0 Å². The molecular weight excluding hydrogens is 264 g/mol. The number of amides is 1. The molecular formula is C17H36N2O2. The van der Waals surface area contributed by atoms with Gasteiger partial charge in [0, 0.05) is 18.6 Å². The molecule has 4 heteroatoms. The predicted molar refractivity (Wildman–Crippen MR) is 89.6 cm³/mol. The summed E-state index contributed by atoms with van der Waals surface area (Å²) in [7, 11) is 0. The van der Waals surface area contributed by atoms with Crippen molar-refractivity contribution in [2.75, 3.05) is 6.54 Å². The molecule has 0 aliphatic rings. The van der Waals surface area contributed by atoms with Gasteiger partial charge in [0.05, 0.1) is 0 Å². The van der Waals surface area contributed by atoms with Crippen LogP contribution >= 0.6 is 0 Å². The van der Waals surface area contributed by atoms with Crippen LogP contribution in [0.4, 0.5) is 4.79 Å². The largest absolute Gasteiger partial charge is 0.444 e. The molecule has 0 aliphatic carbocycles. The van der Waals surface area contributed by atoms with Gasteiger partial charge < -0.3 is 15.4 Å². The summed E-state index contributed by atoms with van der Waals surface area (Å²) in [6.45, 7) is 15.1. The van der Waals surface area contributed by atoms with E-state index in [0.717, 1.165) is 13.0 Å². The average molecular weight is 300 g/mol. The Kier molecular flexibility index (Phi) is 9.67. The first kappa shape index (κ1) is 20.2. The summed E-state index contributed by atoms with van der Waals surface area (Å²) in [5.41, 5.74) is -0.452. The van der Waals surface area contributed by atoms with Crippen LogP contribution in [0.25, 0.3) is 0 Å². The van der Waals surface area contributed by atoms with Gasteiger partial charge in [0.15, 0.2) is 0 Å². The van der Waals surface area contributed by atoms with Crippen LogP contribution in [0.1, 0.15) is 74.1 Å². The number of unbranched alkanes of at least 4 members (excludes halogenated alkanes) is 1. The van der Waals surface area contributed by atoms with E-state index in [1.54, 1.807) is 0 Å². The molecule has 0 aromatic carbocycles. The van der Waals surface area contributed by atoms with Crippen molar-refractivity contribution in [1.29, 1.82) is 0 Å². The Morgan fingerprint density at radius 3 is 2.24 bits per heavy atom. The third kappa shape index (κ3) is 10.6. The van der Waals surface area contributed by atoms with Gasteiger partial charge in [-0.3, -0.25) is 0 Å². The van der Waals surface area contributed by atoms with E-state index in [4.69, 9.17) is 4.74 Å². The van der Waals surface area contributed by atoms with Crippen molar-refractivity contribution >= 4 is 6.09 Å². The van der Waals surface area contributed by atoms with E-state index in [1.165, 1.54) is 19.3 Å². The third-order valence-corrected chi connectivity index (χ3v) is 3.53. The molecule has 2 N–H and O–H groups in total. The smallest absolute Gasteiger partial charge is 0.407 e. The molecule has 0 saturated carbocycles. The van der Waals surface area contributed by atoms with Crippen LogP contribution in [0, 0.1) is 5.92 Å². The summed E-state index contributed by atoms with van der Waals surface area (Å²) in [5.74, 6) is 0.369. The van der Waals surface area contributed by atoms with Gasteiger partial charge in [-0.05, 0) is 39.5 Å². The quantitative estimate of drug-likeness (QED) is 0.674. The first-order valence-electron chi connectivity index (χ1n) is 8.42. The average Bonchev–Trinajstić information content (AvgIpc) is 2.35. The Bertz CT molecular complexity index is 285. The fourth-order valence-corrected chi connectivity index (χ4v) is 2.11. The molecule has 21 heavy (non-hydrogen) atoms. The summed E-state index contributed by atoms with van der Waals surface area (Å²) < 4.78 is 5.34. The summed E-state index contributed by atoms with van der Waals surface area (Å²) in [6.07, 6.45) is 4.46. The molecule has 0 aliphatic heterocycles. The standard InChI is InChI=1S/C17H36N2O2/c1-8-10-11-14(9-2)18-12-15(13(3)4)19-16(20)21-17(5,6)7/h13-15,18H,8-12H2,1-7H3,(H,19,20). The fourth-order valence-electron chi connectivity index (χ4n) is 2.11. The monoisotopic (exact) mass is 300 g/mol. The predicted octanol–water partition coefficient (Wildman–Crippen LogP) is 4.09. The molecule has 0 saturated heterocycles. The molecule has 0 spiro atoms. The van der Waals surface area contributed by atoms with Crippen LogP contribution in [0.15, 0.2) is 0 Å². The van der Waals surface area contributed by atoms with E-state index in [9.17, 15) is 4.79 Å². The first-order chi connectivity index (χ1) is 9.69. The van der Waals surface area contributed by atoms with E-state index < -0.39 is 5.60 Å². The summed E-state index contributed by atoms with van der Waals surface area (Å²) in [6, 6.07) is 0.627. The number of alkyl carbamates (subject to hydrolysis) is 1. The minimum atomic E-state index is -0.452. The lowest BCUT2D eigenvalue weighted by molar-refractivity contribution is 0.0489. The molecule has 0 aromatic heterocycles. The van der Waals surface area contributed by atoms with Crippen LogP contribution in [0.5, 0.6) is 0 Å². The van der Waals surface area contributed by atoms with E-state index in [2.05, 4.69) is 38.3 Å². The van der Waals surface area contributed by atoms with Gasteiger partial charge in [0.1, 0.15) is 5.60 Å². The fraction of sp³-hybridized carbons (Fsp3) is 0.941. The first-order valence-corrected chi connectivity index (χ1v) is 8.42. The summed E-state index contributed by atoms with van der Waals surface area (Å²) in [4.78, 5) is 11.9. The highest BCUT2D eigenvalue weighted by atomic mass is 16.6. The van der Waals surface area contributed by atoms with Gasteiger partial charge >= 0.3 is 6.09 Å². The maximum atomic E-state index is 11.9. The minimum absolute atomic E-state index is 0.0931. The van der Waals surface area contributed by atoms with Crippen molar-refractivity contribution in [3.05, 3.63) is 0 Å². The Labute approximate surface area is 131 Å². The van der Waals surface area contributed by atoms with Crippen molar-refractivity contribution in [2.45, 2.75) is 91.8 Å². The highest BCUT2D eigenvalue weighted by molar-refractivity contribution is 5.68. The van der Waals surface area contributed by atoms with Gasteiger partial charge in [0.25, 0.3) is 0 Å².